The van der Waals surface area contributed by atoms with Gasteiger partial charge >= 0.3 is 5.97 Å². The van der Waals surface area contributed by atoms with E-state index in [0.717, 1.165) is 5.56 Å². The molecular formula is C12H16O4. The van der Waals surface area contributed by atoms with Crippen molar-refractivity contribution in [2.75, 3.05) is 21.3 Å². The van der Waals surface area contributed by atoms with Gasteiger partial charge in [0.15, 0.2) is 11.5 Å². The van der Waals surface area contributed by atoms with Gasteiger partial charge in [0.1, 0.15) is 0 Å². The summed E-state index contributed by atoms with van der Waals surface area (Å²) < 4.78 is 15.0. The molecule has 0 saturated carbocycles. The van der Waals surface area contributed by atoms with Crippen LogP contribution in [0.2, 0.25) is 0 Å². The number of methoxy groups -OCH3 is 3. The second kappa shape index (κ2) is 5.39. The first-order valence-corrected chi connectivity index (χ1v) is 4.93. The smallest absolute Gasteiger partial charge is 0.312 e. The molecule has 0 spiro atoms. The lowest BCUT2D eigenvalue weighted by Gasteiger charge is -2.13. The number of carbonyl (C=O) groups excluding carboxylic acids is 1. The Morgan fingerprint density at radius 3 is 2.25 bits per heavy atom. The number of hydrogen-bond donors (Lipinski definition) is 0. The predicted molar refractivity (Wildman–Crippen MR) is 60.0 cm³/mol. The van der Waals surface area contributed by atoms with Gasteiger partial charge in [0.25, 0.3) is 0 Å². The monoisotopic (exact) mass is 224 g/mol. The van der Waals surface area contributed by atoms with E-state index in [4.69, 9.17) is 9.47 Å². The topological polar surface area (TPSA) is 44.8 Å². The maximum Gasteiger partial charge on any atom is 0.312 e. The summed E-state index contributed by atoms with van der Waals surface area (Å²) in [4.78, 5) is 11.4. The molecule has 1 unspecified atom stereocenters. The minimum atomic E-state index is -0.315. The molecule has 16 heavy (non-hydrogen) atoms. The van der Waals surface area contributed by atoms with Crippen molar-refractivity contribution in [3.8, 4) is 11.5 Å². The molecule has 0 N–H and O–H groups in total. The highest BCUT2D eigenvalue weighted by Gasteiger charge is 2.17. The molecule has 1 aromatic carbocycles. The summed E-state index contributed by atoms with van der Waals surface area (Å²) in [6.45, 7) is 1.78. The van der Waals surface area contributed by atoms with E-state index in [9.17, 15) is 4.79 Å². The number of ether oxygens (including phenoxy) is 3. The Morgan fingerprint density at radius 2 is 1.75 bits per heavy atom. The summed E-state index contributed by atoms with van der Waals surface area (Å²) in [5.74, 6) is 0.663. The Hall–Kier alpha value is -1.71. The molecule has 0 heterocycles. The zero-order chi connectivity index (χ0) is 12.1. The second-order valence-corrected chi connectivity index (χ2v) is 3.36. The van der Waals surface area contributed by atoms with Crippen LogP contribution in [0.4, 0.5) is 0 Å². The lowest BCUT2D eigenvalue weighted by Crippen LogP contribution is -2.10. The SMILES string of the molecule is COC(=O)C(C)c1ccc(OC)c(OC)c1. The van der Waals surface area contributed by atoms with Gasteiger partial charge in [-0.1, -0.05) is 6.07 Å². The Labute approximate surface area is 95.1 Å². The van der Waals surface area contributed by atoms with Crippen molar-refractivity contribution >= 4 is 5.97 Å². The lowest BCUT2D eigenvalue weighted by molar-refractivity contribution is -0.141. The molecule has 0 saturated heterocycles. The van der Waals surface area contributed by atoms with E-state index in [1.54, 1.807) is 33.3 Å². The molecule has 0 aliphatic heterocycles. The molecule has 1 rings (SSSR count). The van der Waals surface area contributed by atoms with Crippen molar-refractivity contribution in [3.05, 3.63) is 23.8 Å². The van der Waals surface area contributed by atoms with Crippen LogP contribution in [0.25, 0.3) is 0 Å². The molecule has 4 heteroatoms. The average molecular weight is 224 g/mol. The Morgan fingerprint density at radius 1 is 1.12 bits per heavy atom. The van der Waals surface area contributed by atoms with Gasteiger partial charge in [-0.15, -0.1) is 0 Å². The lowest BCUT2D eigenvalue weighted by atomic mass is 10.0. The molecule has 0 aliphatic rings. The van der Waals surface area contributed by atoms with E-state index in [2.05, 4.69) is 4.74 Å². The van der Waals surface area contributed by atoms with Gasteiger partial charge in [-0.2, -0.15) is 0 Å². The van der Waals surface area contributed by atoms with Crippen LogP contribution < -0.4 is 9.47 Å². The van der Waals surface area contributed by atoms with E-state index in [-0.39, 0.29) is 11.9 Å². The fourth-order valence-corrected chi connectivity index (χ4v) is 1.44. The summed E-state index contributed by atoms with van der Waals surface area (Å²) in [5, 5.41) is 0. The molecular weight excluding hydrogens is 208 g/mol. The van der Waals surface area contributed by atoms with Gasteiger partial charge in [-0.3, -0.25) is 4.79 Å². The molecule has 4 nitrogen and oxygen atoms in total. The first kappa shape index (κ1) is 12.4. The maximum absolute atomic E-state index is 11.4. The summed E-state index contributed by atoms with van der Waals surface area (Å²) in [7, 11) is 4.51. The fourth-order valence-electron chi connectivity index (χ4n) is 1.44. The standard InChI is InChI=1S/C12H16O4/c1-8(12(13)16-4)9-5-6-10(14-2)11(7-9)15-3/h5-8H,1-4H3. The maximum atomic E-state index is 11.4. The molecule has 0 radical (unpaired) electrons. The van der Waals surface area contributed by atoms with Crippen LogP contribution in [0.5, 0.6) is 11.5 Å². The van der Waals surface area contributed by atoms with Crippen LogP contribution >= 0.6 is 0 Å². The van der Waals surface area contributed by atoms with Crippen LogP contribution in [0, 0.1) is 0 Å². The first-order chi connectivity index (χ1) is 7.63. The zero-order valence-corrected chi connectivity index (χ0v) is 9.94. The highest BCUT2D eigenvalue weighted by atomic mass is 16.5. The van der Waals surface area contributed by atoms with Crippen molar-refractivity contribution in [2.24, 2.45) is 0 Å². The Bertz CT molecular complexity index is 373. The number of carbonyl (C=O) groups is 1. The second-order valence-electron chi connectivity index (χ2n) is 3.36. The summed E-state index contributed by atoms with van der Waals surface area (Å²) >= 11 is 0. The van der Waals surface area contributed by atoms with E-state index in [1.807, 2.05) is 6.07 Å². The average Bonchev–Trinajstić information content (AvgIpc) is 2.35. The Balaban J connectivity index is 3.03. The third kappa shape index (κ3) is 2.45. The normalized spacial score (nSPS) is 11.8. The minimum absolute atomic E-state index is 0.271. The molecule has 0 bridgehead atoms. The number of esters is 1. The first-order valence-electron chi connectivity index (χ1n) is 4.93. The van der Waals surface area contributed by atoms with Crippen molar-refractivity contribution in [1.29, 1.82) is 0 Å². The van der Waals surface area contributed by atoms with E-state index in [1.165, 1.54) is 7.11 Å². The van der Waals surface area contributed by atoms with Gasteiger partial charge in [0, 0.05) is 0 Å². The van der Waals surface area contributed by atoms with Crippen molar-refractivity contribution in [2.45, 2.75) is 12.8 Å². The molecule has 1 atom stereocenters. The Kier molecular flexibility index (Phi) is 4.17. The third-order valence-corrected chi connectivity index (χ3v) is 2.46. The fraction of sp³-hybridized carbons (Fsp3) is 0.417. The molecule has 0 aliphatic carbocycles. The summed E-state index contributed by atoms with van der Waals surface area (Å²) in [6.07, 6.45) is 0. The molecule has 0 fully saturated rings. The van der Waals surface area contributed by atoms with Crippen LogP contribution in [0.1, 0.15) is 18.4 Å². The quantitative estimate of drug-likeness (QED) is 0.733. The van der Waals surface area contributed by atoms with Gasteiger partial charge < -0.3 is 14.2 Å². The van der Waals surface area contributed by atoms with E-state index >= 15 is 0 Å². The van der Waals surface area contributed by atoms with Crippen LogP contribution in [0.15, 0.2) is 18.2 Å². The highest BCUT2D eigenvalue weighted by Crippen LogP contribution is 2.30. The molecule has 0 aromatic heterocycles. The van der Waals surface area contributed by atoms with Gasteiger partial charge in [0.05, 0.1) is 27.2 Å². The van der Waals surface area contributed by atoms with Crippen molar-refractivity contribution < 1.29 is 19.0 Å². The number of hydrogen-bond acceptors (Lipinski definition) is 4. The van der Waals surface area contributed by atoms with Gasteiger partial charge in [0.2, 0.25) is 0 Å². The molecule has 1 aromatic rings. The molecule has 88 valence electrons. The summed E-state index contributed by atoms with van der Waals surface area (Å²) in [6, 6.07) is 5.37. The minimum Gasteiger partial charge on any atom is -0.493 e. The molecule has 0 amide bonds. The van der Waals surface area contributed by atoms with Crippen molar-refractivity contribution in [3.63, 3.8) is 0 Å². The number of benzene rings is 1. The zero-order valence-electron chi connectivity index (χ0n) is 9.94. The van der Waals surface area contributed by atoms with E-state index < -0.39 is 0 Å². The predicted octanol–water partition coefficient (Wildman–Crippen LogP) is 1.98. The van der Waals surface area contributed by atoms with Crippen LogP contribution in [-0.4, -0.2) is 27.3 Å². The van der Waals surface area contributed by atoms with Gasteiger partial charge in [-0.05, 0) is 24.6 Å². The number of rotatable bonds is 4. The highest BCUT2D eigenvalue weighted by molar-refractivity contribution is 5.77. The third-order valence-electron chi connectivity index (χ3n) is 2.46. The largest absolute Gasteiger partial charge is 0.493 e. The summed E-state index contributed by atoms with van der Waals surface area (Å²) in [5.41, 5.74) is 0.838. The van der Waals surface area contributed by atoms with Crippen molar-refractivity contribution in [1.82, 2.24) is 0 Å². The van der Waals surface area contributed by atoms with E-state index in [0.29, 0.717) is 11.5 Å². The van der Waals surface area contributed by atoms with Crippen LogP contribution in [0.3, 0.4) is 0 Å². The van der Waals surface area contributed by atoms with Gasteiger partial charge in [-0.25, -0.2) is 0 Å². The van der Waals surface area contributed by atoms with Crippen LogP contribution in [-0.2, 0) is 9.53 Å².